The van der Waals surface area contributed by atoms with Crippen LogP contribution in [0.5, 0.6) is 5.75 Å². The monoisotopic (exact) mass is 438 g/mol. The molecule has 1 unspecified atom stereocenters. The Morgan fingerprint density at radius 2 is 1.73 bits per heavy atom. The molecular formula is C22H18N2O4S2. The van der Waals surface area contributed by atoms with Crippen molar-refractivity contribution in [1.29, 1.82) is 0 Å². The van der Waals surface area contributed by atoms with Crippen molar-refractivity contribution in [3.05, 3.63) is 82.6 Å². The summed E-state index contributed by atoms with van der Waals surface area (Å²) >= 11 is 2.88. The second kappa shape index (κ2) is 9.15. The number of nitrogens with one attached hydrogen (secondary N) is 1. The largest absolute Gasteiger partial charge is 0.425 e. The van der Waals surface area contributed by atoms with Crippen molar-refractivity contribution in [3.63, 3.8) is 0 Å². The number of hydrogen-bond donors (Lipinski definition) is 1. The van der Waals surface area contributed by atoms with Gasteiger partial charge in [-0.15, -0.1) is 23.1 Å². The van der Waals surface area contributed by atoms with E-state index in [4.69, 9.17) is 4.74 Å². The molecule has 1 atom stereocenters. The van der Waals surface area contributed by atoms with Crippen LogP contribution in [0.1, 0.15) is 20.0 Å². The van der Waals surface area contributed by atoms with E-state index in [-0.39, 0.29) is 11.8 Å². The van der Waals surface area contributed by atoms with Crippen LogP contribution in [0.2, 0.25) is 0 Å². The van der Waals surface area contributed by atoms with Crippen LogP contribution < -0.4 is 10.1 Å². The number of carbonyl (C=O) groups is 3. The quantitative estimate of drug-likeness (QED) is 0.479. The molecule has 4 rings (SSSR count). The Hall–Kier alpha value is -3.10. The summed E-state index contributed by atoms with van der Waals surface area (Å²) in [5.74, 6) is 0.452. The second-order valence-corrected chi connectivity index (χ2v) is 8.48. The van der Waals surface area contributed by atoms with Crippen LogP contribution in [-0.4, -0.2) is 40.4 Å². The fourth-order valence-electron chi connectivity index (χ4n) is 2.98. The molecule has 152 valence electrons. The lowest BCUT2D eigenvalue weighted by atomic mass is 10.2. The number of thioether (sulfide) groups is 1. The number of esters is 1. The molecule has 1 aliphatic rings. The summed E-state index contributed by atoms with van der Waals surface area (Å²) in [5.41, 5.74) is 1.15. The number of anilines is 1. The standard InChI is InChI=1S/C22H18N2O4S2/c25-20(19-7-4-12-30-19)23-16-8-10-17(11-9-16)28-22(27)18-13-29-14-24(18)21(26)15-5-2-1-3-6-15/h1-12,18H,13-14H2,(H,23,25). The predicted molar refractivity (Wildman–Crippen MR) is 118 cm³/mol. The first-order valence-corrected chi connectivity index (χ1v) is 11.3. The minimum Gasteiger partial charge on any atom is -0.425 e. The summed E-state index contributed by atoms with van der Waals surface area (Å²) in [5, 5.41) is 4.63. The summed E-state index contributed by atoms with van der Waals surface area (Å²) in [6, 6.07) is 18.4. The molecule has 1 aromatic heterocycles. The van der Waals surface area contributed by atoms with E-state index >= 15 is 0 Å². The SMILES string of the molecule is O=C(Nc1ccc(OC(=O)C2CSCN2C(=O)c2ccccc2)cc1)c1cccs1. The normalized spacial score (nSPS) is 15.6. The summed E-state index contributed by atoms with van der Waals surface area (Å²) in [6.07, 6.45) is 0. The molecule has 8 heteroatoms. The van der Waals surface area contributed by atoms with Crippen LogP contribution in [0.4, 0.5) is 5.69 Å². The third-order valence-corrected chi connectivity index (χ3v) is 6.39. The van der Waals surface area contributed by atoms with Crippen LogP contribution in [-0.2, 0) is 4.79 Å². The van der Waals surface area contributed by atoms with Gasteiger partial charge in [-0.2, -0.15) is 0 Å². The minimum absolute atomic E-state index is 0.186. The van der Waals surface area contributed by atoms with E-state index in [1.807, 2.05) is 17.5 Å². The van der Waals surface area contributed by atoms with Crippen molar-refractivity contribution in [3.8, 4) is 5.75 Å². The van der Waals surface area contributed by atoms with Gasteiger partial charge >= 0.3 is 5.97 Å². The molecule has 1 saturated heterocycles. The number of rotatable bonds is 5. The van der Waals surface area contributed by atoms with Crippen molar-refractivity contribution >= 4 is 46.6 Å². The Bertz CT molecular complexity index is 1040. The smallest absolute Gasteiger partial charge is 0.335 e. The molecular weight excluding hydrogens is 420 g/mol. The fraction of sp³-hybridized carbons (Fsp3) is 0.136. The Labute approximate surface area is 181 Å². The van der Waals surface area contributed by atoms with Gasteiger partial charge in [0.25, 0.3) is 11.8 Å². The molecule has 1 aliphatic heterocycles. The van der Waals surface area contributed by atoms with Gasteiger partial charge in [0.15, 0.2) is 0 Å². The predicted octanol–water partition coefficient (Wildman–Crippen LogP) is 4.12. The number of benzene rings is 2. The van der Waals surface area contributed by atoms with Crippen molar-refractivity contribution in [1.82, 2.24) is 4.90 Å². The van der Waals surface area contributed by atoms with E-state index in [0.29, 0.717) is 33.5 Å². The molecule has 2 amide bonds. The Kier molecular flexibility index (Phi) is 6.15. The van der Waals surface area contributed by atoms with Gasteiger partial charge in [0.1, 0.15) is 11.8 Å². The third-order valence-electron chi connectivity index (χ3n) is 4.51. The van der Waals surface area contributed by atoms with E-state index in [0.717, 1.165) is 0 Å². The van der Waals surface area contributed by atoms with E-state index in [1.54, 1.807) is 54.6 Å². The van der Waals surface area contributed by atoms with Gasteiger partial charge in [-0.25, -0.2) is 4.79 Å². The lowest BCUT2D eigenvalue weighted by molar-refractivity contribution is -0.138. The van der Waals surface area contributed by atoms with Crippen molar-refractivity contribution in [2.24, 2.45) is 0 Å². The fourth-order valence-corrected chi connectivity index (χ4v) is 4.73. The molecule has 1 fully saturated rings. The number of nitrogens with zero attached hydrogens (tertiary/aromatic N) is 1. The van der Waals surface area contributed by atoms with Crippen LogP contribution in [0.3, 0.4) is 0 Å². The van der Waals surface area contributed by atoms with Crippen molar-refractivity contribution in [2.45, 2.75) is 6.04 Å². The summed E-state index contributed by atoms with van der Waals surface area (Å²) in [4.78, 5) is 39.7. The summed E-state index contributed by atoms with van der Waals surface area (Å²) < 4.78 is 5.49. The Morgan fingerprint density at radius 1 is 0.967 bits per heavy atom. The topological polar surface area (TPSA) is 75.7 Å². The zero-order valence-corrected chi connectivity index (χ0v) is 17.4. The highest BCUT2D eigenvalue weighted by molar-refractivity contribution is 7.99. The molecule has 3 aromatic rings. The highest BCUT2D eigenvalue weighted by Gasteiger charge is 2.36. The highest BCUT2D eigenvalue weighted by Crippen LogP contribution is 2.25. The first-order chi connectivity index (χ1) is 14.6. The third kappa shape index (κ3) is 4.55. The maximum atomic E-state index is 12.7. The molecule has 30 heavy (non-hydrogen) atoms. The molecule has 6 nitrogen and oxygen atoms in total. The van der Waals surface area contributed by atoms with Gasteiger partial charge in [0, 0.05) is 17.0 Å². The molecule has 0 aliphatic carbocycles. The second-order valence-electron chi connectivity index (χ2n) is 6.53. The van der Waals surface area contributed by atoms with Crippen molar-refractivity contribution in [2.75, 3.05) is 16.9 Å². The van der Waals surface area contributed by atoms with E-state index in [2.05, 4.69) is 5.32 Å². The Balaban J connectivity index is 1.38. The summed E-state index contributed by atoms with van der Waals surface area (Å²) in [7, 11) is 0. The van der Waals surface area contributed by atoms with E-state index < -0.39 is 12.0 Å². The number of amides is 2. The molecule has 0 saturated carbocycles. The zero-order chi connectivity index (χ0) is 20.9. The molecule has 0 bridgehead atoms. The molecule has 0 radical (unpaired) electrons. The molecule has 1 N–H and O–H groups in total. The summed E-state index contributed by atoms with van der Waals surface area (Å²) in [6.45, 7) is 0. The van der Waals surface area contributed by atoms with Crippen LogP contribution in [0.25, 0.3) is 0 Å². The van der Waals surface area contributed by atoms with Gasteiger partial charge in [-0.05, 0) is 47.8 Å². The van der Waals surface area contributed by atoms with Crippen LogP contribution in [0, 0.1) is 0 Å². The first-order valence-electron chi connectivity index (χ1n) is 9.22. The number of thiophene rings is 1. The minimum atomic E-state index is -0.638. The number of hydrogen-bond acceptors (Lipinski definition) is 6. The maximum Gasteiger partial charge on any atom is 0.335 e. The maximum absolute atomic E-state index is 12.7. The molecule has 0 spiro atoms. The average Bonchev–Trinajstić information content (AvgIpc) is 3.47. The molecule has 2 heterocycles. The van der Waals surface area contributed by atoms with Gasteiger partial charge in [0.2, 0.25) is 0 Å². The van der Waals surface area contributed by atoms with E-state index in [9.17, 15) is 14.4 Å². The first kappa shape index (κ1) is 20.2. The Morgan fingerprint density at radius 3 is 2.43 bits per heavy atom. The van der Waals surface area contributed by atoms with Gasteiger partial charge in [-0.3, -0.25) is 9.59 Å². The van der Waals surface area contributed by atoms with Gasteiger partial charge < -0.3 is 15.0 Å². The highest BCUT2D eigenvalue weighted by atomic mass is 32.2. The zero-order valence-electron chi connectivity index (χ0n) is 15.8. The average molecular weight is 439 g/mol. The number of carbonyl (C=O) groups excluding carboxylic acids is 3. The van der Waals surface area contributed by atoms with Crippen molar-refractivity contribution < 1.29 is 19.1 Å². The van der Waals surface area contributed by atoms with Gasteiger partial charge in [0.05, 0.1) is 10.8 Å². The number of ether oxygens (including phenoxy) is 1. The lowest BCUT2D eigenvalue weighted by Crippen LogP contribution is -2.43. The van der Waals surface area contributed by atoms with Crippen LogP contribution in [0.15, 0.2) is 72.1 Å². The molecule has 2 aromatic carbocycles. The lowest BCUT2D eigenvalue weighted by Gasteiger charge is -2.22. The van der Waals surface area contributed by atoms with Crippen LogP contribution >= 0.6 is 23.1 Å². The van der Waals surface area contributed by atoms with Gasteiger partial charge in [-0.1, -0.05) is 24.3 Å². The van der Waals surface area contributed by atoms with E-state index in [1.165, 1.54) is 28.0 Å².